The van der Waals surface area contributed by atoms with Gasteiger partial charge in [0.05, 0.1) is 0 Å². The van der Waals surface area contributed by atoms with Crippen molar-refractivity contribution in [1.29, 1.82) is 0 Å². The number of rotatable bonds is 4. The van der Waals surface area contributed by atoms with Crippen molar-refractivity contribution < 1.29 is 17.5 Å². The third-order valence-corrected chi connectivity index (χ3v) is 1.18. The molecule has 0 aromatic heterocycles. The molecule has 0 aliphatic carbocycles. The van der Waals surface area contributed by atoms with Crippen LogP contribution in [0.15, 0.2) is 0 Å². The van der Waals surface area contributed by atoms with Crippen LogP contribution in [0.1, 0.15) is 19.3 Å². The first-order valence-corrected chi connectivity index (χ1v) is 5.45. The first kappa shape index (κ1) is 14.7. The molecule has 7 heteroatoms. The number of thiol groups is 1. The number of nitrogens with two attached hydrogens (primary N) is 1. The van der Waals surface area contributed by atoms with E-state index in [0.29, 0.717) is 0 Å². The second-order valence-corrected chi connectivity index (χ2v) is 3.36. The first-order chi connectivity index (χ1) is 5.41. The van der Waals surface area contributed by atoms with Crippen LogP contribution < -0.4 is 5.73 Å². The van der Waals surface area contributed by atoms with Crippen molar-refractivity contribution in [2.45, 2.75) is 19.3 Å². The summed E-state index contributed by atoms with van der Waals surface area (Å²) >= 11 is 4.05. The highest BCUT2D eigenvalue weighted by Crippen LogP contribution is 1.93. The lowest BCUT2D eigenvalue weighted by Gasteiger charge is -1.90. The molecule has 0 spiro atoms. The summed E-state index contributed by atoms with van der Waals surface area (Å²) in [5.41, 5.74) is 5.24. The van der Waals surface area contributed by atoms with Gasteiger partial charge in [-0.15, -0.1) is 0 Å². The monoisotopic (exact) mass is 217 g/mol. The first-order valence-electron chi connectivity index (χ1n) is 3.42. The summed E-state index contributed by atoms with van der Waals surface area (Å²) < 4.78 is 31.6. The van der Waals surface area contributed by atoms with Crippen LogP contribution in [0.5, 0.6) is 0 Å². The third-order valence-electron chi connectivity index (χ3n) is 0.862. The molecule has 0 aliphatic heterocycles. The van der Waals surface area contributed by atoms with Crippen LogP contribution >= 0.6 is 12.6 Å². The van der Waals surface area contributed by atoms with Gasteiger partial charge in [0.2, 0.25) is 0 Å². The topological polar surface area (TPSA) is 101 Å². The zero-order valence-corrected chi connectivity index (χ0v) is 8.39. The van der Waals surface area contributed by atoms with Crippen LogP contribution in [0.3, 0.4) is 0 Å². The Labute approximate surface area is 78.3 Å². The van der Waals surface area contributed by atoms with Gasteiger partial charge in [-0.1, -0.05) is 6.42 Å². The zero-order valence-electron chi connectivity index (χ0n) is 6.68. The molecule has 0 aromatic rings. The summed E-state index contributed by atoms with van der Waals surface area (Å²) in [4.78, 5) is 0. The molecule has 0 saturated heterocycles. The van der Waals surface area contributed by atoms with E-state index in [0.717, 1.165) is 18.7 Å². The number of hydrogen-bond donors (Lipinski definition) is 4. The summed E-state index contributed by atoms with van der Waals surface area (Å²) in [6.07, 6.45) is 3.60. The van der Waals surface area contributed by atoms with E-state index in [9.17, 15) is 0 Å². The number of unbranched alkanes of at least 4 members (excludes halogenated alkanes) is 2. The molecule has 76 valence electrons. The summed E-state index contributed by atoms with van der Waals surface area (Å²) in [6.45, 7) is 0.827. The molecule has 0 bridgehead atoms. The van der Waals surface area contributed by atoms with Gasteiger partial charge < -0.3 is 5.73 Å². The minimum Gasteiger partial charge on any atom is -0.330 e. The van der Waals surface area contributed by atoms with E-state index in [2.05, 4.69) is 12.6 Å². The lowest BCUT2D eigenvalue weighted by atomic mass is 10.2. The quantitative estimate of drug-likeness (QED) is 0.310. The molecule has 12 heavy (non-hydrogen) atoms. The largest absolute Gasteiger partial charge is 0.394 e. The molecule has 0 aromatic carbocycles. The highest BCUT2D eigenvalue weighted by Gasteiger charge is 1.84. The smallest absolute Gasteiger partial charge is 0.330 e. The Morgan fingerprint density at radius 1 is 1.17 bits per heavy atom. The van der Waals surface area contributed by atoms with Crippen LogP contribution in [0.2, 0.25) is 0 Å². The van der Waals surface area contributed by atoms with Crippen molar-refractivity contribution in [2.75, 3.05) is 12.3 Å². The predicted molar refractivity (Wildman–Crippen MR) is 50.9 cm³/mol. The van der Waals surface area contributed by atoms with Crippen LogP contribution in [0.4, 0.5) is 0 Å². The van der Waals surface area contributed by atoms with Gasteiger partial charge in [0.1, 0.15) is 0 Å². The Morgan fingerprint density at radius 2 is 1.58 bits per heavy atom. The van der Waals surface area contributed by atoms with Crippen LogP contribution in [-0.2, 0) is 10.4 Å². The molecule has 0 heterocycles. The van der Waals surface area contributed by atoms with Crippen LogP contribution in [0.25, 0.3) is 0 Å². The highest BCUT2D eigenvalue weighted by atomic mass is 32.3. The minimum atomic E-state index is -4.67. The second kappa shape index (κ2) is 9.27. The average molecular weight is 217 g/mol. The fourth-order valence-corrected chi connectivity index (χ4v) is 0.657. The Bertz CT molecular complexity index is 156. The van der Waals surface area contributed by atoms with E-state index in [1.165, 1.54) is 12.8 Å². The molecule has 0 unspecified atom stereocenters. The zero-order chi connectivity index (χ0) is 10.0. The fourth-order valence-electron chi connectivity index (χ4n) is 0.433. The summed E-state index contributed by atoms with van der Waals surface area (Å²) in [5.74, 6) is 1.00. The summed E-state index contributed by atoms with van der Waals surface area (Å²) in [7, 11) is -4.67. The van der Waals surface area contributed by atoms with Crippen molar-refractivity contribution in [3.05, 3.63) is 0 Å². The van der Waals surface area contributed by atoms with Gasteiger partial charge in [0, 0.05) is 0 Å². The molecule has 0 amide bonds. The molecule has 0 rings (SSSR count). The SMILES string of the molecule is NCCCCCS.O=S(=O)(O)O. The van der Waals surface area contributed by atoms with Gasteiger partial charge in [-0.2, -0.15) is 21.0 Å². The van der Waals surface area contributed by atoms with Gasteiger partial charge in [-0.05, 0) is 25.1 Å². The van der Waals surface area contributed by atoms with E-state index < -0.39 is 10.4 Å². The maximum absolute atomic E-state index is 8.74. The Hall–Kier alpha value is 0.180. The van der Waals surface area contributed by atoms with Crippen molar-refractivity contribution in [3.63, 3.8) is 0 Å². The fraction of sp³-hybridized carbons (Fsp3) is 1.00. The molecular weight excluding hydrogens is 202 g/mol. The second-order valence-electron chi connectivity index (χ2n) is 2.02. The van der Waals surface area contributed by atoms with Gasteiger partial charge in [-0.3, -0.25) is 9.11 Å². The van der Waals surface area contributed by atoms with Gasteiger partial charge in [-0.25, -0.2) is 0 Å². The third kappa shape index (κ3) is 49.1. The van der Waals surface area contributed by atoms with Crippen LogP contribution in [-0.4, -0.2) is 29.8 Å². The Kier molecular flexibility index (Phi) is 11.3. The average Bonchev–Trinajstić information content (AvgIpc) is 1.85. The summed E-state index contributed by atoms with van der Waals surface area (Å²) in [6, 6.07) is 0. The molecule has 0 fully saturated rings. The molecule has 0 aliphatic rings. The van der Waals surface area contributed by atoms with E-state index in [-0.39, 0.29) is 0 Å². The lowest BCUT2D eigenvalue weighted by molar-refractivity contribution is 0.381. The molecule has 0 saturated carbocycles. The Balaban J connectivity index is 0. The van der Waals surface area contributed by atoms with Gasteiger partial charge in [0.15, 0.2) is 0 Å². The van der Waals surface area contributed by atoms with Crippen molar-refractivity contribution in [2.24, 2.45) is 5.73 Å². The van der Waals surface area contributed by atoms with E-state index in [1.54, 1.807) is 0 Å². The van der Waals surface area contributed by atoms with Crippen molar-refractivity contribution in [3.8, 4) is 0 Å². The lowest BCUT2D eigenvalue weighted by Crippen LogP contribution is -1.97. The molecule has 0 radical (unpaired) electrons. The standard InChI is InChI=1S/C5H13NS.H2O4S/c6-4-2-1-3-5-7;1-5(2,3)4/h7H,1-6H2;(H2,1,2,3,4). The summed E-state index contributed by atoms with van der Waals surface area (Å²) in [5, 5.41) is 0. The van der Waals surface area contributed by atoms with Crippen molar-refractivity contribution in [1.82, 2.24) is 0 Å². The predicted octanol–water partition coefficient (Wildman–Crippen LogP) is 0.392. The van der Waals surface area contributed by atoms with Gasteiger partial charge >= 0.3 is 10.4 Å². The highest BCUT2D eigenvalue weighted by molar-refractivity contribution is 7.80. The molecule has 4 N–H and O–H groups in total. The van der Waals surface area contributed by atoms with Crippen molar-refractivity contribution >= 4 is 23.0 Å². The normalized spacial score (nSPS) is 10.3. The molecule has 5 nitrogen and oxygen atoms in total. The molecule has 0 atom stereocenters. The van der Waals surface area contributed by atoms with Crippen LogP contribution in [0, 0.1) is 0 Å². The maximum atomic E-state index is 8.74. The number of hydrogen-bond acceptors (Lipinski definition) is 4. The van der Waals surface area contributed by atoms with Gasteiger partial charge in [0.25, 0.3) is 0 Å². The Morgan fingerprint density at radius 3 is 1.83 bits per heavy atom. The molecular formula is C5H15NO4S2. The van der Waals surface area contributed by atoms with E-state index in [1.807, 2.05) is 0 Å². The maximum Gasteiger partial charge on any atom is 0.394 e. The minimum absolute atomic E-state index is 0.827. The van der Waals surface area contributed by atoms with E-state index in [4.69, 9.17) is 23.3 Å². The van der Waals surface area contributed by atoms with E-state index >= 15 is 0 Å².